The average Bonchev–Trinajstić information content (AvgIpc) is 2.84. The molecule has 1 aromatic carbocycles. The van der Waals surface area contributed by atoms with Crippen molar-refractivity contribution in [1.29, 1.82) is 0 Å². The lowest BCUT2D eigenvalue weighted by molar-refractivity contribution is -0.148. The van der Waals surface area contributed by atoms with Gasteiger partial charge >= 0.3 is 0 Å². The molecule has 3 aliphatic rings. The number of hydrogen-bond donors (Lipinski definition) is 6. The van der Waals surface area contributed by atoms with Gasteiger partial charge in [0.1, 0.15) is 22.8 Å². The molecular formula is C28H38N4O7. The van der Waals surface area contributed by atoms with Gasteiger partial charge in [0.2, 0.25) is 5.78 Å². The number of phenols is 1. The Kier molecular flexibility index (Phi) is 7.54. The number of aliphatic hydroxyl groups excluding tert-OH is 2. The number of nitrogens with one attached hydrogen (secondary N) is 1. The first kappa shape index (κ1) is 28.6. The van der Waals surface area contributed by atoms with Crippen molar-refractivity contribution in [3.8, 4) is 5.75 Å². The number of nitrogens with two attached hydrogens (primary N) is 1. The van der Waals surface area contributed by atoms with Crippen LogP contribution in [-0.2, 0) is 22.6 Å². The van der Waals surface area contributed by atoms with Crippen molar-refractivity contribution in [3.63, 3.8) is 0 Å². The zero-order valence-corrected chi connectivity index (χ0v) is 23.0. The number of fused-ring (bicyclic) bond motifs is 3. The quantitative estimate of drug-likeness (QED) is 0.206. The zero-order valence-electron chi connectivity index (χ0n) is 23.0. The van der Waals surface area contributed by atoms with E-state index in [0.29, 0.717) is 17.7 Å². The van der Waals surface area contributed by atoms with Crippen molar-refractivity contribution in [1.82, 2.24) is 10.2 Å². The number of aromatic hydroxyl groups is 1. The topological polar surface area (TPSA) is 177 Å². The number of carbonyl (C=O) groups excluding carboxylic acids is 3. The van der Waals surface area contributed by atoms with Gasteiger partial charge in [0.05, 0.1) is 11.6 Å². The standard InChI is InChI=1S/C28H38N4O7/c1-6-7-8-30-12-14-11-17(31(2)3)15-9-13-10-16-21(32(4)5)24(35)20(27(29)38)26(37)28(16,39)25(36)18(13)23(34)19(15)22(14)33/h11,13,16,21,30,33,35-36,39H,6-10,12H2,1-5H3,(H2,29,38)/t13-,16-,21-,28-/m0/s1. The highest BCUT2D eigenvalue weighted by molar-refractivity contribution is 6.24. The number of amides is 1. The van der Waals surface area contributed by atoms with Crippen molar-refractivity contribution in [2.45, 2.75) is 50.8 Å². The fourth-order valence-electron chi connectivity index (χ4n) is 6.41. The summed E-state index contributed by atoms with van der Waals surface area (Å²) in [7, 11) is 6.88. The molecule has 7 N–H and O–H groups in total. The summed E-state index contributed by atoms with van der Waals surface area (Å²) in [6, 6.07) is 0.822. The molecule has 212 valence electrons. The van der Waals surface area contributed by atoms with Crippen molar-refractivity contribution < 1.29 is 34.8 Å². The maximum absolute atomic E-state index is 14.0. The van der Waals surface area contributed by atoms with Crippen LogP contribution in [0.5, 0.6) is 5.75 Å². The van der Waals surface area contributed by atoms with Crippen LogP contribution in [0.3, 0.4) is 0 Å². The second-order valence-electron chi connectivity index (χ2n) is 11.1. The van der Waals surface area contributed by atoms with Gasteiger partial charge in [-0.15, -0.1) is 0 Å². The fraction of sp³-hybridized carbons (Fsp3) is 0.536. The number of ketones is 2. The normalized spacial score (nSPS) is 26.5. The first-order valence-corrected chi connectivity index (χ1v) is 13.2. The van der Waals surface area contributed by atoms with E-state index in [4.69, 9.17) is 5.73 Å². The molecule has 3 aliphatic carbocycles. The number of anilines is 1. The third-order valence-electron chi connectivity index (χ3n) is 8.28. The van der Waals surface area contributed by atoms with Gasteiger partial charge < -0.3 is 36.4 Å². The second kappa shape index (κ2) is 10.3. The molecule has 0 radical (unpaired) electrons. The molecule has 39 heavy (non-hydrogen) atoms. The SMILES string of the molecule is CCCCNCc1cc(N(C)C)c2c(c1O)C(=O)C1=C(O)[C@]3(O)C(=O)C(C(N)=O)=C(O)[C@@H](N(C)C)[C@@H]3C[C@@H]1C2. The molecule has 0 aliphatic heterocycles. The average molecular weight is 543 g/mol. The number of likely N-dealkylation sites (N-methyl/N-ethyl adjacent to an activating group) is 1. The van der Waals surface area contributed by atoms with E-state index in [0.717, 1.165) is 25.1 Å². The molecule has 0 saturated carbocycles. The number of nitrogens with zero attached hydrogens (tertiary/aromatic N) is 2. The first-order valence-electron chi connectivity index (χ1n) is 13.2. The zero-order chi connectivity index (χ0) is 29.0. The smallest absolute Gasteiger partial charge is 0.255 e. The van der Waals surface area contributed by atoms with E-state index in [2.05, 4.69) is 12.2 Å². The largest absolute Gasteiger partial charge is 0.510 e. The van der Waals surface area contributed by atoms with Crippen LogP contribution in [0, 0.1) is 11.8 Å². The molecule has 0 bridgehead atoms. The molecule has 1 amide bonds. The monoisotopic (exact) mass is 542 g/mol. The Labute approximate surface area is 227 Å². The van der Waals surface area contributed by atoms with Gasteiger partial charge in [-0.1, -0.05) is 13.3 Å². The lowest BCUT2D eigenvalue weighted by Crippen LogP contribution is -2.63. The summed E-state index contributed by atoms with van der Waals surface area (Å²) in [6.45, 7) is 3.13. The third-order valence-corrected chi connectivity index (χ3v) is 8.28. The lowest BCUT2D eigenvalue weighted by Gasteiger charge is -2.50. The molecule has 0 saturated heterocycles. The highest BCUT2D eigenvalue weighted by atomic mass is 16.3. The fourth-order valence-corrected chi connectivity index (χ4v) is 6.41. The number of hydrogen-bond acceptors (Lipinski definition) is 10. The summed E-state index contributed by atoms with van der Waals surface area (Å²) in [5, 5.41) is 48.6. The summed E-state index contributed by atoms with van der Waals surface area (Å²) in [5.41, 5.74) is 3.64. The van der Waals surface area contributed by atoms with Crippen LogP contribution in [0.1, 0.15) is 47.7 Å². The van der Waals surface area contributed by atoms with E-state index < -0.39 is 58.0 Å². The first-order chi connectivity index (χ1) is 18.3. The molecule has 11 heteroatoms. The molecular weight excluding hydrogens is 504 g/mol. The number of Topliss-reactive ketones (excluding diaryl/α,β-unsaturated/α-hetero) is 2. The van der Waals surface area contributed by atoms with Gasteiger partial charge in [-0.2, -0.15) is 0 Å². The van der Waals surface area contributed by atoms with E-state index in [9.17, 15) is 34.8 Å². The van der Waals surface area contributed by atoms with Crippen LogP contribution in [0.2, 0.25) is 0 Å². The van der Waals surface area contributed by atoms with E-state index in [-0.39, 0.29) is 29.7 Å². The van der Waals surface area contributed by atoms with Crippen molar-refractivity contribution >= 4 is 23.2 Å². The molecule has 0 fully saturated rings. The van der Waals surface area contributed by atoms with Gasteiger partial charge in [-0.05, 0) is 57.5 Å². The second-order valence-corrected chi connectivity index (χ2v) is 11.1. The number of phenolic OH excluding ortho intramolecular Hbond substituents is 1. The van der Waals surface area contributed by atoms with E-state index in [1.807, 2.05) is 25.1 Å². The summed E-state index contributed by atoms with van der Waals surface area (Å²) >= 11 is 0. The van der Waals surface area contributed by atoms with Crippen LogP contribution in [-0.4, -0.2) is 89.2 Å². The Morgan fingerprint density at radius 2 is 1.85 bits per heavy atom. The van der Waals surface area contributed by atoms with Crippen LogP contribution >= 0.6 is 0 Å². The van der Waals surface area contributed by atoms with Gasteiger partial charge in [0, 0.05) is 43.4 Å². The number of benzene rings is 1. The maximum Gasteiger partial charge on any atom is 0.255 e. The number of aliphatic hydroxyl groups is 3. The Morgan fingerprint density at radius 1 is 1.18 bits per heavy atom. The molecule has 0 aromatic heterocycles. The van der Waals surface area contributed by atoms with Gasteiger partial charge in [0.25, 0.3) is 5.91 Å². The van der Waals surface area contributed by atoms with Gasteiger partial charge in [-0.3, -0.25) is 19.3 Å². The third kappa shape index (κ3) is 4.29. The Balaban J connectivity index is 1.90. The molecule has 4 atom stereocenters. The predicted octanol–water partition coefficient (Wildman–Crippen LogP) is 1.08. The number of carbonyl (C=O) groups is 3. The molecule has 0 spiro atoms. The van der Waals surface area contributed by atoms with Crippen LogP contribution < -0.4 is 16.0 Å². The summed E-state index contributed by atoms with van der Waals surface area (Å²) in [5.74, 6) is -6.50. The van der Waals surface area contributed by atoms with Crippen LogP contribution in [0.25, 0.3) is 0 Å². The highest BCUT2D eigenvalue weighted by Crippen LogP contribution is 2.53. The molecule has 1 aromatic rings. The minimum absolute atomic E-state index is 0.0225. The lowest BCUT2D eigenvalue weighted by atomic mass is 9.58. The maximum atomic E-state index is 14.0. The summed E-state index contributed by atoms with van der Waals surface area (Å²) in [4.78, 5) is 42.9. The van der Waals surface area contributed by atoms with Crippen LogP contribution in [0.4, 0.5) is 5.69 Å². The molecule has 0 unspecified atom stereocenters. The van der Waals surface area contributed by atoms with Crippen LogP contribution in [0.15, 0.2) is 28.7 Å². The number of primary amides is 1. The minimum atomic E-state index is -2.65. The van der Waals surface area contributed by atoms with Gasteiger partial charge in [0.15, 0.2) is 11.4 Å². The number of rotatable bonds is 8. The number of unbranched alkanes of at least 4 members (excludes halogenated alkanes) is 1. The Morgan fingerprint density at radius 3 is 2.41 bits per heavy atom. The number of allylic oxidation sites excluding steroid dienone is 1. The van der Waals surface area contributed by atoms with E-state index >= 15 is 0 Å². The van der Waals surface area contributed by atoms with Gasteiger partial charge in [-0.25, -0.2) is 0 Å². The predicted molar refractivity (Wildman–Crippen MR) is 145 cm³/mol. The molecule has 4 rings (SSSR count). The molecule has 11 nitrogen and oxygen atoms in total. The Hall–Kier alpha value is -3.41. The Bertz CT molecular complexity index is 1300. The summed E-state index contributed by atoms with van der Waals surface area (Å²) in [6.07, 6.45) is 2.26. The van der Waals surface area contributed by atoms with Crippen molar-refractivity contribution in [2.75, 3.05) is 39.6 Å². The van der Waals surface area contributed by atoms with E-state index in [1.54, 1.807) is 14.1 Å². The van der Waals surface area contributed by atoms with Crippen molar-refractivity contribution in [2.24, 2.45) is 17.6 Å². The summed E-state index contributed by atoms with van der Waals surface area (Å²) < 4.78 is 0. The minimum Gasteiger partial charge on any atom is -0.510 e. The highest BCUT2D eigenvalue weighted by Gasteiger charge is 2.63. The van der Waals surface area contributed by atoms with E-state index in [1.165, 1.54) is 4.90 Å². The van der Waals surface area contributed by atoms with Crippen molar-refractivity contribution in [3.05, 3.63) is 45.4 Å². The molecule has 0 heterocycles.